The van der Waals surface area contributed by atoms with Crippen molar-refractivity contribution in [1.29, 1.82) is 0 Å². The van der Waals surface area contributed by atoms with E-state index in [1.807, 2.05) is 0 Å². The van der Waals surface area contributed by atoms with Crippen LogP contribution in [0.1, 0.15) is 30.6 Å². The quantitative estimate of drug-likeness (QED) is 0.838. The number of nitrogens with two attached hydrogens (primary N) is 1. The lowest BCUT2D eigenvalue weighted by atomic mass is 10.0. The van der Waals surface area contributed by atoms with Crippen molar-refractivity contribution < 1.29 is 9.90 Å². The highest BCUT2D eigenvalue weighted by atomic mass is 16.3. The van der Waals surface area contributed by atoms with Crippen molar-refractivity contribution in [2.24, 2.45) is 11.7 Å². The smallest absolute Gasteiger partial charge is 0.257 e. The first-order valence-electron chi connectivity index (χ1n) is 6.22. The second-order valence-corrected chi connectivity index (χ2v) is 4.94. The fourth-order valence-corrected chi connectivity index (χ4v) is 1.64. The molecule has 0 saturated carbocycles. The summed E-state index contributed by atoms with van der Waals surface area (Å²) in [6, 6.07) is 6.66. The SMILES string of the molecule is CC(C)C(N)CCN(C)C(=O)c1ccccc1O. The predicted octanol–water partition coefficient (Wildman–Crippen LogP) is 1.84. The third kappa shape index (κ3) is 3.74. The molecule has 0 bridgehead atoms. The van der Waals surface area contributed by atoms with Crippen LogP contribution in [-0.2, 0) is 0 Å². The van der Waals surface area contributed by atoms with E-state index in [2.05, 4.69) is 13.8 Å². The molecule has 4 nitrogen and oxygen atoms in total. The minimum Gasteiger partial charge on any atom is -0.507 e. The molecule has 100 valence electrons. The van der Waals surface area contributed by atoms with Crippen molar-refractivity contribution in [3.05, 3.63) is 29.8 Å². The van der Waals surface area contributed by atoms with E-state index in [1.165, 1.54) is 6.07 Å². The van der Waals surface area contributed by atoms with Gasteiger partial charge in [0.1, 0.15) is 5.75 Å². The van der Waals surface area contributed by atoms with Crippen LogP contribution in [0, 0.1) is 5.92 Å². The number of carbonyl (C=O) groups excluding carboxylic acids is 1. The molecule has 1 rings (SSSR count). The topological polar surface area (TPSA) is 66.6 Å². The summed E-state index contributed by atoms with van der Waals surface area (Å²) in [5.74, 6) is 0.241. The van der Waals surface area contributed by atoms with Crippen LogP contribution in [0.3, 0.4) is 0 Å². The maximum atomic E-state index is 12.1. The summed E-state index contributed by atoms with van der Waals surface area (Å²) in [5.41, 5.74) is 6.28. The fourth-order valence-electron chi connectivity index (χ4n) is 1.64. The van der Waals surface area contributed by atoms with Crippen LogP contribution in [0.15, 0.2) is 24.3 Å². The first kappa shape index (κ1) is 14.5. The maximum absolute atomic E-state index is 12.1. The van der Waals surface area contributed by atoms with E-state index < -0.39 is 0 Å². The Morgan fingerprint density at radius 3 is 2.56 bits per heavy atom. The lowest BCUT2D eigenvalue weighted by Crippen LogP contribution is -2.34. The molecule has 4 heteroatoms. The summed E-state index contributed by atoms with van der Waals surface area (Å²) in [6.07, 6.45) is 0.757. The number of hydrogen-bond acceptors (Lipinski definition) is 3. The van der Waals surface area contributed by atoms with Crippen molar-refractivity contribution in [1.82, 2.24) is 4.90 Å². The minimum atomic E-state index is -0.177. The number of phenolic OH excluding ortho intramolecular Hbond substituents is 1. The summed E-state index contributed by atoms with van der Waals surface area (Å²) in [6.45, 7) is 4.72. The standard InChI is InChI=1S/C14H22N2O2/c1-10(2)12(15)8-9-16(3)14(18)11-6-4-5-7-13(11)17/h4-7,10,12,17H,8-9,15H2,1-3H3. The van der Waals surface area contributed by atoms with Gasteiger partial charge in [-0.05, 0) is 24.5 Å². The van der Waals surface area contributed by atoms with Gasteiger partial charge in [-0.1, -0.05) is 26.0 Å². The van der Waals surface area contributed by atoms with E-state index in [9.17, 15) is 9.90 Å². The number of hydrogen-bond donors (Lipinski definition) is 2. The van der Waals surface area contributed by atoms with E-state index >= 15 is 0 Å². The summed E-state index contributed by atoms with van der Waals surface area (Å²) < 4.78 is 0. The Morgan fingerprint density at radius 2 is 2.00 bits per heavy atom. The monoisotopic (exact) mass is 250 g/mol. The second kappa shape index (κ2) is 6.40. The Balaban J connectivity index is 2.60. The third-order valence-corrected chi connectivity index (χ3v) is 3.14. The number of amides is 1. The van der Waals surface area contributed by atoms with Gasteiger partial charge in [0.15, 0.2) is 0 Å². The highest BCUT2D eigenvalue weighted by Gasteiger charge is 2.16. The van der Waals surface area contributed by atoms with E-state index in [0.717, 1.165) is 6.42 Å². The highest BCUT2D eigenvalue weighted by molar-refractivity contribution is 5.96. The first-order valence-corrected chi connectivity index (χ1v) is 6.22. The molecule has 1 amide bonds. The number of rotatable bonds is 5. The summed E-state index contributed by atoms with van der Waals surface area (Å²) in [5, 5.41) is 9.62. The van der Waals surface area contributed by atoms with Crippen LogP contribution < -0.4 is 5.73 Å². The normalized spacial score (nSPS) is 12.5. The van der Waals surface area contributed by atoms with Gasteiger partial charge in [-0.25, -0.2) is 0 Å². The van der Waals surface area contributed by atoms with Crippen molar-refractivity contribution in [2.75, 3.05) is 13.6 Å². The number of carbonyl (C=O) groups is 1. The minimum absolute atomic E-state index is 0.0162. The number of benzene rings is 1. The van der Waals surface area contributed by atoms with Gasteiger partial charge in [-0.2, -0.15) is 0 Å². The third-order valence-electron chi connectivity index (χ3n) is 3.14. The molecular formula is C14H22N2O2. The van der Waals surface area contributed by atoms with Crippen molar-refractivity contribution in [3.8, 4) is 5.75 Å². The zero-order chi connectivity index (χ0) is 13.7. The second-order valence-electron chi connectivity index (χ2n) is 4.94. The average Bonchev–Trinajstić information content (AvgIpc) is 2.35. The molecule has 0 heterocycles. The van der Waals surface area contributed by atoms with Crippen molar-refractivity contribution in [2.45, 2.75) is 26.3 Å². The zero-order valence-electron chi connectivity index (χ0n) is 11.3. The Labute approximate surface area is 108 Å². The van der Waals surface area contributed by atoms with E-state index in [1.54, 1.807) is 30.1 Å². The molecule has 1 aromatic rings. The van der Waals surface area contributed by atoms with Gasteiger partial charge in [0.2, 0.25) is 0 Å². The van der Waals surface area contributed by atoms with Crippen LogP contribution in [-0.4, -0.2) is 35.5 Å². The molecule has 0 fully saturated rings. The number of aromatic hydroxyl groups is 1. The predicted molar refractivity (Wildman–Crippen MR) is 72.5 cm³/mol. The molecule has 0 spiro atoms. The van der Waals surface area contributed by atoms with Crippen molar-refractivity contribution in [3.63, 3.8) is 0 Å². The van der Waals surface area contributed by atoms with Gasteiger partial charge >= 0.3 is 0 Å². The molecule has 1 atom stereocenters. The van der Waals surface area contributed by atoms with Crippen molar-refractivity contribution >= 4 is 5.91 Å². The van der Waals surface area contributed by atoms with Gasteiger partial charge in [-0.3, -0.25) is 4.79 Å². The molecular weight excluding hydrogens is 228 g/mol. The van der Waals surface area contributed by atoms with E-state index in [0.29, 0.717) is 18.0 Å². The first-order chi connectivity index (χ1) is 8.43. The lowest BCUT2D eigenvalue weighted by molar-refractivity contribution is 0.0786. The van der Waals surface area contributed by atoms with Gasteiger partial charge in [-0.15, -0.1) is 0 Å². The van der Waals surface area contributed by atoms with E-state index in [4.69, 9.17) is 5.73 Å². The lowest BCUT2D eigenvalue weighted by Gasteiger charge is -2.21. The van der Waals surface area contributed by atoms with Crippen LogP contribution in [0.4, 0.5) is 0 Å². The summed E-state index contributed by atoms with van der Waals surface area (Å²) in [7, 11) is 1.72. The molecule has 18 heavy (non-hydrogen) atoms. The van der Waals surface area contributed by atoms with Gasteiger partial charge in [0.25, 0.3) is 5.91 Å². The molecule has 1 aromatic carbocycles. The largest absolute Gasteiger partial charge is 0.507 e. The summed E-state index contributed by atoms with van der Waals surface area (Å²) in [4.78, 5) is 13.7. The molecule has 0 aromatic heterocycles. The molecule has 0 aliphatic carbocycles. The number of nitrogens with zero attached hydrogens (tertiary/aromatic N) is 1. The molecule has 0 aliphatic heterocycles. The van der Waals surface area contributed by atoms with Crippen LogP contribution in [0.25, 0.3) is 0 Å². The van der Waals surface area contributed by atoms with E-state index in [-0.39, 0.29) is 17.7 Å². The van der Waals surface area contributed by atoms with Gasteiger partial charge in [0.05, 0.1) is 5.56 Å². The Hall–Kier alpha value is -1.55. The molecule has 3 N–H and O–H groups in total. The zero-order valence-corrected chi connectivity index (χ0v) is 11.3. The summed E-state index contributed by atoms with van der Waals surface area (Å²) >= 11 is 0. The van der Waals surface area contributed by atoms with Gasteiger partial charge < -0.3 is 15.7 Å². The fraction of sp³-hybridized carbons (Fsp3) is 0.500. The number of phenols is 1. The molecule has 0 saturated heterocycles. The molecule has 1 unspecified atom stereocenters. The average molecular weight is 250 g/mol. The van der Waals surface area contributed by atoms with Crippen LogP contribution >= 0.6 is 0 Å². The molecule has 0 radical (unpaired) electrons. The maximum Gasteiger partial charge on any atom is 0.257 e. The Bertz CT molecular complexity index is 405. The highest BCUT2D eigenvalue weighted by Crippen LogP contribution is 2.17. The van der Waals surface area contributed by atoms with Gasteiger partial charge in [0, 0.05) is 19.6 Å². The van der Waals surface area contributed by atoms with Crippen LogP contribution in [0.5, 0.6) is 5.75 Å². The molecule has 0 aliphatic rings. The Morgan fingerprint density at radius 1 is 1.39 bits per heavy atom. The Kier molecular flexibility index (Phi) is 5.16. The van der Waals surface area contributed by atoms with Crippen LogP contribution in [0.2, 0.25) is 0 Å². The number of para-hydroxylation sites is 1.